The molecule has 1 atom stereocenters. The van der Waals surface area contributed by atoms with Gasteiger partial charge >= 0.3 is 0 Å². The highest BCUT2D eigenvalue weighted by molar-refractivity contribution is 9.10. The van der Waals surface area contributed by atoms with Gasteiger partial charge in [0.2, 0.25) is 0 Å². The van der Waals surface area contributed by atoms with Crippen LogP contribution in [0.5, 0.6) is 0 Å². The molecule has 0 spiro atoms. The first-order valence-electron chi connectivity index (χ1n) is 6.16. The molecule has 2 aromatic rings. The Kier molecular flexibility index (Phi) is 4.20. The summed E-state index contributed by atoms with van der Waals surface area (Å²) in [6.45, 7) is 2.02. The van der Waals surface area contributed by atoms with Crippen LogP contribution in [0, 0.1) is 0 Å². The summed E-state index contributed by atoms with van der Waals surface area (Å²) in [6.07, 6.45) is 1.33. The van der Waals surface area contributed by atoms with E-state index in [9.17, 15) is 5.11 Å². The van der Waals surface area contributed by atoms with Crippen LogP contribution in [0.4, 0.5) is 0 Å². The summed E-state index contributed by atoms with van der Waals surface area (Å²) in [5, 5.41) is 10.8. The molecular formula is C16H17BrO. The lowest BCUT2D eigenvalue weighted by molar-refractivity contribution is 0.0327. The second-order valence-corrected chi connectivity index (χ2v) is 5.47. The fourth-order valence-corrected chi connectivity index (χ4v) is 2.54. The van der Waals surface area contributed by atoms with E-state index in [1.807, 2.05) is 49.4 Å². The van der Waals surface area contributed by atoms with Crippen molar-refractivity contribution in [2.24, 2.45) is 0 Å². The zero-order chi connectivity index (χ0) is 13.0. The zero-order valence-corrected chi connectivity index (χ0v) is 12.0. The van der Waals surface area contributed by atoms with Crippen molar-refractivity contribution < 1.29 is 5.11 Å². The molecule has 0 bridgehead atoms. The van der Waals surface area contributed by atoms with E-state index in [4.69, 9.17) is 0 Å². The van der Waals surface area contributed by atoms with Crippen molar-refractivity contribution in [1.29, 1.82) is 0 Å². The molecule has 0 aliphatic heterocycles. The molecule has 0 fully saturated rings. The Labute approximate surface area is 117 Å². The third-order valence-electron chi connectivity index (χ3n) is 3.29. The molecule has 0 heterocycles. The van der Waals surface area contributed by atoms with Crippen LogP contribution >= 0.6 is 15.9 Å². The fourth-order valence-electron chi connectivity index (χ4n) is 2.14. The van der Waals surface area contributed by atoms with Crippen molar-refractivity contribution in [3.63, 3.8) is 0 Å². The summed E-state index contributed by atoms with van der Waals surface area (Å²) in [5.74, 6) is 0. The summed E-state index contributed by atoms with van der Waals surface area (Å²) < 4.78 is 1.000. The van der Waals surface area contributed by atoms with Crippen LogP contribution in [0.1, 0.15) is 24.5 Å². The van der Waals surface area contributed by atoms with Gasteiger partial charge in [-0.15, -0.1) is 0 Å². The number of hydrogen-bond donors (Lipinski definition) is 1. The van der Waals surface area contributed by atoms with E-state index < -0.39 is 5.60 Å². The number of rotatable bonds is 4. The molecule has 2 heteroatoms. The standard InChI is InChI=1S/C16H17BrO/c1-2-16(18,12-13-7-4-3-5-8-13)14-9-6-10-15(17)11-14/h3-11,18H,2,12H2,1H3. The molecule has 1 unspecified atom stereocenters. The second-order valence-electron chi connectivity index (χ2n) is 4.56. The smallest absolute Gasteiger partial charge is 0.0934 e. The Morgan fingerprint density at radius 1 is 1.06 bits per heavy atom. The van der Waals surface area contributed by atoms with Gasteiger partial charge in [0.15, 0.2) is 0 Å². The molecule has 0 aliphatic rings. The van der Waals surface area contributed by atoms with Gasteiger partial charge in [-0.3, -0.25) is 0 Å². The quantitative estimate of drug-likeness (QED) is 0.893. The van der Waals surface area contributed by atoms with E-state index in [1.165, 1.54) is 0 Å². The Hall–Kier alpha value is -1.12. The molecule has 0 amide bonds. The number of benzene rings is 2. The van der Waals surface area contributed by atoms with Crippen molar-refractivity contribution in [2.45, 2.75) is 25.4 Å². The molecule has 0 saturated heterocycles. The van der Waals surface area contributed by atoms with Crippen molar-refractivity contribution in [3.8, 4) is 0 Å². The Balaban J connectivity index is 2.31. The number of halogens is 1. The zero-order valence-electron chi connectivity index (χ0n) is 10.4. The van der Waals surface area contributed by atoms with Crippen molar-refractivity contribution >= 4 is 15.9 Å². The topological polar surface area (TPSA) is 20.2 Å². The lowest BCUT2D eigenvalue weighted by Crippen LogP contribution is -2.27. The molecule has 0 radical (unpaired) electrons. The minimum Gasteiger partial charge on any atom is -0.385 e. The first-order valence-corrected chi connectivity index (χ1v) is 6.96. The molecule has 0 aliphatic carbocycles. The third-order valence-corrected chi connectivity index (χ3v) is 3.78. The van der Waals surface area contributed by atoms with Crippen molar-refractivity contribution in [2.75, 3.05) is 0 Å². The van der Waals surface area contributed by atoms with Gasteiger partial charge in [0.25, 0.3) is 0 Å². The highest BCUT2D eigenvalue weighted by Gasteiger charge is 2.27. The normalized spacial score (nSPS) is 14.2. The van der Waals surface area contributed by atoms with Crippen molar-refractivity contribution in [1.82, 2.24) is 0 Å². The number of hydrogen-bond acceptors (Lipinski definition) is 1. The maximum atomic E-state index is 10.8. The molecule has 0 saturated carbocycles. The van der Waals surface area contributed by atoms with Gasteiger partial charge in [-0.25, -0.2) is 0 Å². The maximum absolute atomic E-state index is 10.8. The first kappa shape index (κ1) is 13.3. The van der Waals surface area contributed by atoms with E-state index in [-0.39, 0.29) is 0 Å². The molecule has 1 N–H and O–H groups in total. The van der Waals surface area contributed by atoms with Gasteiger partial charge in [-0.2, -0.15) is 0 Å². The molecular weight excluding hydrogens is 288 g/mol. The van der Waals surface area contributed by atoms with Crippen LogP contribution in [0.25, 0.3) is 0 Å². The van der Waals surface area contributed by atoms with Crippen molar-refractivity contribution in [3.05, 3.63) is 70.2 Å². The molecule has 1 nitrogen and oxygen atoms in total. The van der Waals surface area contributed by atoms with Gasteiger partial charge in [0, 0.05) is 10.9 Å². The van der Waals surface area contributed by atoms with Gasteiger partial charge in [-0.1, -0.05) is 65.3 Å². The fraction of sp³-hybridized carbons (Fsp3) is 0.250. The van der Waals surface area contributed by atoms with Gasteiger partial charge in [0.1, 0.15) is 0 Å². The van der Waals surface area contributed by atoms with Gasteiger partial charge < -0.3 is 5.11 Å². The summed E-state index contributed by atoms with van der Waals surface area (Å²) in [4.78, 5) is 0. The monoisotopic (exact) mass is 304 g/mol. The Morgan fingerprint density at radius 2 is 1.78 bits per heavy atom. The average molecular weight is 305 g/mol. The summed E-state index contributed by atoms with van der Waals surface area (Å²) in [6, 6.07) is 18.0. The van der Waals surface area contributed by atoms with E-state index >= 15 is 0 Å². The van der Waals surface area contributed by atoms with Crippen LogP contribution in [0.15, 0.2) is 59.1 Å². The lowest BCUT2D eigenvalue weighted by atomic mass is 9.85. The van der Waals surface area contributed by atoms with Crippen LogP contribution < -0.4 is 0 Å². The third kappa shape index (κ3) is 3.01. The van der Waals surface area contributed by atoms with Gasteiger partial charge in [-0.05, 0) is 29.7 Å². The lowest BCUT2D eigenvalue weighted by Gasteiger charge is -2.27. The molecule has 2 aromatic carbocycles. The predicted octanol–water partition coefficient (Wildman–Crippen LogP) is 4.29. The second kappa shape index (κ2) is 5.68. The summed E-state index contributed by atoms with van der Waals surface area (Å²) in [7, 11) is 0. The Bertz CT molecular complexity index is 510. The van der Waals surface area contributed by atoms with E-state index in [0.29, 0.717) is 12.8 Å². The first-order chi connectivity index (χ1) is 8.64. The summed E-state index contributed by atoms with van der Waals surface area (Å²) >= 11 is 3.46. The molecule has 2 rings (SSSR count). The van der Waals surface area contributed by atoms with Crippen LogP contribution in [0.3, 0.4) is 0 Å². The number of aliphatic hydroxyl groups is 1. The predicted molar refractivity (Wildman–Crippen MR) is 78.5 cm³/mol. The Morgan fingerprint density at radius 3 is 2.39 bits per heavy atom. The highest BCUT2D eigenvalue weighted by atomic mass is 79.9. The SMILES string of the molecule is CCC(O)(Cc1ccccc1)c1cccc(Br)c1. The minimum atomic E-state index is -0.800. The van der Waals surface area contributed by atoms with Crippen LogP contribution in [-0.4, -0.2) is 5.11 Å². The van der Waals surface area contributed by atoms with Crippen LogP contribution in [-0.2, 0) is 12.0 Å². The maximum Gasteiger partial charge on any atom is 0.0934 e. The summed E-state index contributed by atoms with van der Waals surface area (Å²) in [5.41, 5.74) is 1.32. The molecule has 94 valence electrons. The average Bonchev–Trinajstić information content (AvgIpc) is 2.40. The minimum absolute atomic E-state index is 0.640. The van der Waals surface area contributed by atoms with E-state index in [2.05, 4.69) is 28.1 Å². The van der Waals surface area contributed by atoms with Crippen LogP contribution in [0.2, 0.25) is 0 Å². The highest BCUT2D eigenvalue weighted by Crippen LogP contribution is 2.30. The van der Waals surface area contributed by atoms with E-state index in [1.54, 1.807) is 0 Å². The molecule has 0 aromatic heterocycles. The molecule has 18 heavy (non-hydrogen) atoms. The van der Waals surface area contributed by atoms with E-state index in [0.717, 1.165) is 15.6 Å². The van der Waals surface area contributed by atoms with Gasteiger partial charge in [0.05, 0.1) is 5.60 Å². The largest absolute Gasteiger partial charge is 0.385 e.